The molecule has 0 unspecified atom stereocenters. The molecule has 2 aromatic heterocycles. The summed E-state index contributed by atoms with van der Waals surface area (Å²) in [6.07, 6.45) is 0. The van der Waals surface area contributed by atoms with Crippen LogP contribution in [0.25, 0.3) is 42.7 Å². The zero-order chi connectivity index (χ0) is 15.4. The lowest BCUT2D eigenvalue weighted by atomic mass is 10.1. The molecule has 4 heteroatoms. The van der Waals surface area contributed by atoms with Crippen LogP contribution in [0.15, 0.2) is 65.1 Å². The Morgan fingerprint density at radius 1 is 0.913 bits per heavy atom. The van der Waals surface area contributed by atoms with E-state index in [1.165, 1.54) is 0 Å². The predicted octanol–water partition coefficient (Wildman–Crippen LogP) is 6.52. The van der Waals surface area contributed by atoms with Crippen molar-refractivity contribution in [1.82, 2.24) is 4.98 Å². The first-order valence-corrected chi connectivity index (χ1v) is 8.46. The van der Waals surface area contributed by atoms with Gasteiger partial charge in [0.25, 0.3) is 0 Å². The molecule has 110 valence electrons. The lowest BCUT2D eigenvalue weighted by Crippen LogP contribution is -1.74. The highest BCUT2D eigenvalue weighted by Gasteiger charge is 2.13. The zero-order valence-electron chi connectivity index (χ0n) is 11.9. The second kappa shape index (κ2) is 4.82. The third-order valence-electron chi connectivity index (χ3n) is 3.98. The quantitative estimate of drug-likeness (QED) is 0.348. The topological polar surface area (TPSA) is 26.0 Å². The molecule has 5 rings (SSSR count). The Morgan fingerprint density at radius 3 is 2.65 bits per heavy atom. The molecule has 0 N–H and O–H groups in total. The molecule has 5 aromatic rings. The van der Waals surface area contributed by atoms with E-state index in [0.29, 0.717) is 5.02 Å². The summed E-state index contributed by atoms with van der Waals surface area (Å²) in [7, 11) is 0. The summed E-state index contributed by atoms with van der Waals surface area (Å²) in [4.78, 5) is 4.78. The molecule has 0 saturated heterocycles. The Morgan fingerprint density at radius 2 is 1.78 bits per heavy atom. The van der Waals surface area contributed by atoms with Gasteiger partial charge in [0.1, 0.15) is 16.2 Å². The van der Waals surface area contributed by atoms with E-state index in [-0.39, 0.29) is 0 Å². The Balaban J connectivity index is 1.82. The number of fused-ring (bicyclic) bond motifs is 4. The van der Waals surface area contributed by atoms with Gasteiger partial charge in [-0.05, 0) is 18.2 Å². The van der Waals surface area contributed by atoms with Crippen LogP contribution in [0.3, 0.4) is 0 Å². The Kier molecular flexibility index (Phi) is 2.75. The van der Waals surface area contributed by atoms with E-state index in [9.17, 15) is 0 Å². The average molecular weight is 336 g/mol. The van der Waals surface area contributed by atoms with Crippen molar-refractivity contribution in [2.45, 2.75) is 0 Å². The number of nitrogens with zero attached hydrogens (tertiary/aromatic N) is 1. The van der Waals surface area contributed by atoms with E-state index >= 15 is 0 Å². The highest BCUT2D eigenvalue weighted by Crippen LogP contribution is 2.38. The van der Waals surface area contributed by atoms with Crippen molar-refractivity contribution in [1.29, 1.82) is 0 Å². The minimum absolute atomic E-state index is 0.708. The second-order valence-corrected chi connectivity index (χ2v) is 6.85. The molecule has 0 saturated carbocycles. The highest BCUT2D eigenvalue weighted by atomic mass is 35.5. The van der Waals surface area contributed by atoms with Crippen LogP contribution < -0.4 is 0 Å². The van der Waals surface area contributed by atoms with Gasteiger partial charge in [-0.25, -0.2) is 4.98 Å². The maximum atomic E-state index is 6.35. The molecular formula is C19H10ClNOS. The molecule has 0 aliphatic rings. The maximum absolute atomic E-state index is 6.35. The van der Waals surface area contributed by atoms with Gasteiger partial charge in [0.05, 0.1) is 15.2 Å². The lowest BCUT2D eigenvalue weighted by Gasteiger charge is -1.93. The summed E-state index contributed by atoms with van der Waals surface area (Å²) in [6, 6.07) is 20.1. The summed E-state index contributed by atoms with van der Waals surface area (Å²) in [5.74, 6) is 0. The number of furan rings is 1. The Labute approximate surface area is 140 Å². The number of thiazole rings is 1. The number of hydrogen-bond donors (Lipinski definition) is 0. The average Bonchev–Trinajstić information content (AvgIpc) is 3.14. The fraction of sp³-hybridized carbons (Fsp3) is 0. The van der Waals surface area contributed by atoms with E-state index in [0.717, 1.165) is 42.7 Å². The van der Waals surface area contributed by atoms with Crippen LogP contribution in [0.5, 0.6) is 0 Å². The fourth-order valence-electron chi connectivity index (χ4n) is 2.91. The first-order valence-electron chi connectivity index (χ1n) is 7.26. The minimum Gasteiger partial charge on any atom is -0.456 e. The van der Waals surface area contributed by atoms with Crippen molar-refractivity contribution in [2.75, 3.05) is 0 Å². The van der Waals surface area contributed by atoms with Crippen LogP contribution in [-0.4, -0.2) is 4.98 Å². The molecule has 2 heterocycles. The van der Waals surface area contributed by atoms with Crippen LogP contribution in [0, 0.1) is 0 Å². The smallest absolute Gasteiger partial charge is 0.137 e. The fourth-order valence-corrected chi connectivity index (χ4v) is 4.16. The van der Waals surface area contributed by atoms with E-state index in [1.807, 2.05) is 36.4 Å². The number of benzene rings is 3. The molecular weight excluding hydrogens is 326 g/mol. The first kappa shape index (κ1) is 13.1. The van der Waals surface area contributed by atoms with Crippen LogP contribution in [0.1, 0.15) is 0 Å². The van der Waals surface area contributed by atoms with Gasteiger partial charge >= 0.3 is 0 Å². The van der Waals surface area contributed by atoms with Crippen LogP contribution in [0.2, 0.25) is 5.02 Å². The van der Waals surface area contributed by atoms with Gasteiger partial charge in [0.15, 0.2) is 0 Å². The molecule has 2 nitrogen and oxygen atoms in total. The van der Waals surface area contributed by atoms with Gasteiger partial charge in [-0.3, -0.25) is 0 Å². The second-order valence-electron chi connectivity index (χ2n) is 5.42. The third kappa shape index (κ3) is 1.97. The Hall–Kier alpha value is -2.36. The van der Waals surface area contributed by atoms with Gasteiger partial charge in [-0.15, -0.1) is 11.3 Å². The van der Waals surface area contributed by atoms with Crippen molar-refractivity contribution in [3.8, 4) is 10.6 Å². The number of rotatable bonds is 1. The highest BCUT2D eigenvalue weighted by molar-refractivity contribution is 7.21. The number of halogens is 1. The standard InChI is InChI=1S/C19H10ClNOS/c20-13-7-4-8-15-18(13)12-9-14-17(10-16(12)22-15)23-19(21-14)11-5-2-1-3-6-11/h1-10H. The monoisotopic (exact) mass is 335 g/mol. The van der Waals surface area contributed by atoms with Gasteiger partial charge in [-0.1, -0.05) is 48.0 Å². The summed E-state index contributed by atoms with van der Waals surface area (Å²) >= 11 is 8.03. The predicted molar refractivity (Wildman–Crippen MR) is 97.3 cm³/mol. The summed E-state index contributed by atoms with van der Waals surface area (Å²) in [6.45, 7) is 0. The van der Waals surface area contributed by atoms with Crippen molar-refractivity contribution in [3.05, 3.63) is 65.7 Å². The van der Waals surface area contributed by atoms with Gasteiger partial charge < -0.3 is 4.42 Å². The summed E-state index contributed by atoms with van der Waals surface area (Å²) in [5, 5.41) is 3.70. The van der Waals surface area contributed by atoms with E-state index in [2.05, 4.69) is 24.3 Å². The van der Waals surface area contributed by atoms with Crippen molar-refractivity contribution >= 4 is 55.1 Å². The Bertz CT molecular complexity index is 1170. The van der Waals surface area contributed by atoms with Crippen LogP contribution in [-0.2, 0) is 0 Å². The molecule has 0 atom stereocenters. The molecule has 3 aromatic carbocycles. The van der Waals surface area contributed by atoms with Crippen molar-refractivity contribution in [2.24, 2.45) is 0 Å². The van der Waals surface area contributed by atoms with Crippen LogP contribution >= 0.6 is 22.9 Å². The molecule has 0 bridgehead atoms. The third-order valence-corrected chi connectivity index (χ3v) is 5.36. The molecule has 0 aliphatic carbocycles. The maximum Gasteiger partial charge on any atom is 0.137 e. The van der Waals surface area contributed by atoms with E-state index in [1.54, 1.807) is 11.3 Å². The summed E-state index contributed by atoms with van der Waals surface area (Å²) < 4.78 is 7.07. The first-order chi connectivity index (χ1) is 11.3. The minimum atomic E-state index is 0.708. The molecule has 0 radical (unpaired) electrons. The van der Waals surface area contributed by atoms with Gasteiger partial charge in [0, 0.05) is 22.4 Å². The molecule has 0 spiro atoms. The SMILES string of the molecule is Clc1cccc2oc3cc4sc(-c5ccccc5)nc4cc3c12. The van der Waals surface area contributed by atoms with E-state index in [4.69, 9.17) is 21.0 Å². The largest absolute Gasteiger partial charge is 0.456 e. The number of aromatic nitrogens is 1. The van der Waals surface area contributed by atoms with E-state index < -0.39 is 0 Å². The molecule has 0 amide bonds. The summed E-state index contributed by atoms with van der Waals surface area (Å²) in [5.41, 5.74) is 3.77. The van der Waals surface area contributed by atoms with Gasteiger partial charge in [0.2, 0.25) is 0 Å². The molecule has 23 heavy (non-hydrogen) atoms. The molecule has 0 fully saturated rings. The zero-order valence-corrected chi connectivity index (χ0v) is 13.5. The normalized spacial score (nSPS) is 11.7. The van der Waals surface area contributed by atoms with Crippen LogP contribution in [0.4, 0.5) is 0 Å². The van der Waals surface area contributed by atoms with Gasteiger partial charge in [-0.2, -0.15) is 0 Å². The molecule has 0 aliphatic heterocycles. The lowest BCUT2D eigenvalue weighted by molar-refractivity contribution is 0.669. The van der Waals surface area contributed by atoms with Crippen molar-refractivity contribution < 1.29 is 4.42 Å². The number of hydrogen-bond acceptors (Lipinski definition) is 3. The van der Waals surface area contributed by atoms with Crippen molar-refractivity contribution in [3.63, 3.8) is 0 Å².